The number of nitrogens with two attached hydrogens (primary N) is 1. The number of aliphatic imine (C=N–C) groups is 1. The first kappa shape index (κ1) is 33.6. The molecular formula is C31H41N7O6. The van der Waals surface area contributed by atoms with Crippen molar-refractivity contribution in [1.82, 2.24) is 26.6 Å². The van der Waals surface area contributed by atoms with Crippen LogP contribution in [0.4, 0.5) is 4.79 Å². The van der Waals surface area contributed by atoms with Crippen LogP contribution in [0.2, 0.25) is 0 Å². The highest BCUT2D eigenvalue weighted by atomic mass is 16.4. The number of carboxylic acids is 1. The molecule has 1 heterocycles. The van der Waals surface area contributed by atoms with Crippen molar-refractivity contribution in [3.8, 4) is 0 Å². The van der Waals surface area contributed by atoms with Crippen LogP contribution in [0.25, 0.3) is 0 Å². The third kappa shape index (κ3) is 10.7. The summed E-state index contributed by atoms with van der Waals surface area (Å²) in [4.78, 5) is 67.9. The quantitative estimate of drug-likeness (QED) is 0.142. The van der Waals surface area contributed by atoms with E-state index in [4.69, 9.17) is 5.73 Å². The van der Waals surface area contributed by atoms with Crippen LogP contribution in [-0.4, -0.2) is 77.9 Å². The van der Waals surface area contributed by atoms with Gasteiger partial charge in [-0.2, -0.15) is 0 Å². The number of carbonyl (C=O) groups excluding carboxylic acids is 4. The number of nitrogens with zero attached hydrogens (tertiary/aromatic N) is 1. The number of nitrogens with one attached hydrogen (secondary N) is 5. The summed E-state index contributed by atoms with van der Waals surface area (Å²) in [5.74, 6) is -2.40. The summed E-state index contributed by atoms with van der Waals surface area (Å²) in [6.45, 7) is 4.06. The molecular weight excluding hydrogens is 566 g/mol. The fraction of sp³-hybridized carbons (Fsp3) is 0.419. The summed E-state index contributed by atoms with van der Waals surface area (Å²) in [6.07, 6.45) is 1.54. The summed E-state index contributed by atoms with van der Waals surface area (Å²) < 4.78 is 0. The smallest absolute Gasteiger partial charge is 0.326 e. The van der Waals surface area contributed by atoms with E-state index in [1.807, 2.05) is 44.2 Å². The van der Waals surface area contributed by atoms with Crippen molar-refractivity contribution < 1.29 is 29.1 Å². The molecule has 0 fully saturated rings. The van der Waals surface area contributed by atoms with Crippen LogP contribution in [0, 0.1) is 5.92 Å². The molecule has 2 aromatic rings. The molecule has 0 radical (unpaired) electrons. The van der Waals surface area contributed by atoms with Crippen LogP contribution in [0.1, 0.15) is 37.8 Å². The van der Waals surface area contributed by atoms with Crippen LogP contribution in [0.3, 0.4) is 0 Å². The molecule has 13 nitrogen and oxygen atoms in total. The van der Waals surface area contributed by atoms with Crippen molar-refractivity contribution in [3.63, 3.8) is 0 Å². The minimum absolute atomic E-state index is 0.00513. The zero-order valence-corrected chi connectivity index (χ0v) is 24.9. The van der Waals surface area contributed by atoms with E-state index < -0.39 is 54.0 Å². The Hall–Kier alpha value is -4.94. The third-order valence-electron chi connectivity index (χ3n) is 7.04. The van der Waals surface area contributed by atoms with E-state index >= 15 is 0 Å². The number of aldehydes is 1. The Bertz CT molecular complexity index is 1310. The fourth-order valence-electron chi connectivity index (χ4n) is 4.87. The molecule has 0 saturated carbocycles. The minimum Gasteiger partial charge on any atom is -0.480 e. The van der Waals surface area contributed by atoms with Crippen molar-refractivity contribution >= 4 is 36.1 Å². The molecule has 44 heavy (non-hydrogen) atoms. The first-order valence-electron chi connectivity index (χ1n) is 14.6. The van der Waals surface area contributed by atoms with E-state index in [0.29, 0.717) is 24.8 Å². The number of aliphatic carboxylic acids is 1. The molecule has 236 valence electrons. The molecule has 5 unspecified atom stereocenters. The van der Waals surface area contributed by atoms with Gasteiger partial charge in [0.2, 0.25) is 11.8 Å². The zero-order chi connectivity index (χ0) is 32.1. The molecule has 13 heteroatoms. The van der Waals surface area contributed by atoms with Crippen LogP contribution in [0.15, 0.2) is 65.7 Å². The van der Waals surface area contributed by atoms with Crippen molar-refractivity contribution in [1.29, 1.82) is 0 Å². The number of rotatable bonds is 15. The highest BCUT2D eigenvalue weighted by Gasteiger charge is 2.35. The first-order valence-corrected chi connectivity index (χ1v) is 14.6. The van der Waals surface area contributed by atoms with Crippen LogP contribution >= 0.6 is 0 Å². The van der Waals surface area contributed by atoms with Gasteiger partial charge in [0.15, 0.2) is 5.96 Å². The van der Waals surface area contributed by atoms with E-state index in [1.54, 1.807) is 30.3 Å². The molecule has 3 rings (SSSR count). The van der Waals surface area contributed by atoms with E-state index in [1.165, 1.54) is 0 Å². The molecule has 0 aromatic heterocycles. The molecule has 0 saturated heterocycles. The first-order chi connectivity index (χ1) is 21.0. The lowest BCUT2D eigenvalue weighted by Gasteiger charge is -2.32. The average Bonchev–Trinajstić information content (AvgIpc) is 2.99. The molecule has 1 aliphatic heterocycles. The highest BCUT2D eigenvalue weighted by Crippen LogP contribution is 2.11. The summed E-state index contributed by atoms with van der Waals surface area (Å²) >= 11 is 0. The standard InChI is InChI=1S/C31H41N7O6/c1-19(2)15-24(27(40)34-22(18-39)16-20-9-5-3-6-10-20)35-28(41)26(23-13-14-33-30(32)36-23)38-31(44)37-25(29(42)43)17-21-11-7-4-8-12-21/h3-12,18-19,22-26H,13-17H2,1-2H3,(H,34,40)(H,35,41)(H,42,43)(H3,32,33,36)(H2,37,38,44). The zero-order valence-electron chi connectivity index (χ0n) is 24.9. The SMILES string of the molecule is CC(C)CC(NC(=O)C(NC(=O)NC(Cc1ccccc1)C(=O)O)C1CCN=C(N)N1)C(=O)NC(C=O)Cc1ccccc1. The van der Waals surface area contributed by atoms with Gasteiger partial charge in [0, 0.05) is 13.0 Å². The Morgan fingerprint density at radius 3 is 2.07 bits per heavy atom. The van der Waals surface area contributed by atoms with Crippen molar-refractivity contribution in [2.45, 2.75) is 69.7 Å². The van der Waals surface area contributed by atoms with E-state index in [2.05, 4.69) is 31.6 Å². The molecule has 0 bridgehead atoms. The Morgan fingerprint density at radius 1 is 0.909 bits per heavy atom. The summed E-state index contributed by atoms with van der Waals surface area (Å²) in [7, 11) is 0. The van der Waals surface area contributed by atoms with Gasteiger partial charge >= 0.3 is 12.0 Å². The molecule has 0 spiro atoms. The molecule has 4 amide bonds. The van der Waals surface area contributed by atoms with Gasteiger partial charge in [0.25, 0.3) is 0 Å². The summed E-state index contributed by atoms with van der Waals surface area (Å²) in [6, 6.07) is 12.1. The third-order valence-corrected chi connectivity index (χ3v) is 7.04. The predicted octanol–water partition coefficient (Wildman–Crippen LogP) is 0.484. The number of benzene rings is 2. The van der Waals surface area contributed by atoms with Crippen molar-refractivity contribution in [3.05, 3.63) is 71.8 Å². The second-order valence-electron chi connectivity index (χ2n) is 11.1. The Morgan fingerprint density at radius 2 is 1.52 bits per heavy atom. The summed E-state index contributed by atoms with van der Waals surface area (Å²) in [5.41, 5.74) is 7.42. The van der Waals surface area contributed by atoms with Crippen molar-refractivity contribution in [2.75, 3.05) is 6.54 Å². The average molecular weight is 608 g/mol. The highest BCUT2D eigenvalue weighted by molar-refractivity contribution is 5.94. The topological polar surface area (TPSA) is 204 Å². The second-order valence-corrected chi connectivity index (χ2v) is 11.1. The van der Waals surface area contributed by atoms with E-state index in [9.17, 15) is 29.1 Å². The van der Waals surface area contributed by atoms with Crippen LogP contribution < -0.4 is 32.3 Å². The number of hydrogen-bond acceptors (Lipinski definition) is 8. The number of amides is 4. The molecule has 1 aliphatic rings. The van der Waals surface area contributed by atoms with Gasteiger partial charge in [-0.05, 0) is 36.3 Å². The van der Waals surface area contributed by atoms with Gasteiger partial charge in [-0.15, -0.1) is 0 Å². The molecule has 0 aliphatic carbocycles. The summed E-state index contributed by atoms with van der Waals surface area (Å²) in [5, 5.41) is 23.1. The van der Waals surface area contributed by atoms with E-state index in [0.717, 1.165) is 5.56 Å². The maximum atomic E-state index is 13.7. The molecule has 2 aromatic carbocycles. The lowest BCUT2D eigenvalue weighted by Crippen LogP contribution is -2.64. The Kier molecular flexibility index (Phi) is 12.7. The van der Waals surface area contributed by atoms with Gasteiger partial charge in [0.05, 0.1) is 12.1 Å². The fourth-order valence-corrected chi connectivity index (χ4v) is 4.87. The lowest BCUT2D eigenvalue weighted by molar-refractivity contribution is -0.139. The molecule has 8 N–H and O–H groups in total. The Labute approximate surface area is 256 Å². The largest absolute Gasteiger partial charge is 0.480 e. The second kappa shape index (κ2) is 16.6. The van der Waals surface area contributed by atoms with Gasteiger partial charge < -0.3 is 42.2 Å². The monoisotopic (exact) mass is 607 g/mol. The number of urea groups is 1. The van der Waals surface area contributed by atoms with Gasteiger partial charge in [0.1, 0.15) is 24.4 Å². The van der Waals surface area contributed by atoms with Gasteiger partial charge in [-0.3, -0.25) is 14.6 Å². The lowest BCUT2D eigenvalue weighted by atomic mass is 9.99. The van der Waals surface area contributed by atoms with E-state index in [-0.39, 0.29) is 31.1 Å². The number of carboxylic acid groups (broad SMARTS) is 1. The Balaban J connectivity index is 1.75. The minimum atomic E-state index is -1.27. The normalized spacial score (nSPS) is 17.1. The maximum Gasteiger partial charge on any atom is 0.326 e. The van der Waals surface area contributed by atoms with Crippen LogP contribution in [0.5, 0.6) is 0 Å². The number of carbonyl (C=O) groups is 5. The van der Waals surface area contributed by atoms with Gasteiger partial charge in [-0.1, -0.05) is 74.5 Å². The molecule has 5 atom stereocenters. The van der Waals surface area contributed by atoms with Crippen LogP contribution in [-0.2, 0) is 32.0 Å². The van der Waals surface area contributed by atoms with Gasteiger partial charge in [-0.25, -0.2) is 9.59 Å². The predicted molar refractivity (Wildman–Crippen MR) is 165 cm³/mol. The number of hydrogen-bond donors (Lipinski definition) is 7. The maximum absolute atomic E-state index is 13.7. The number of guanidine groups is 1. The van der Waals surface area contributed by atoms with Crippen molar-refractivity contribution in [2.24, 2.45) is 16.6 Å².